The van der Waals surface area contributed by atoms with Gasteiger partial charge in [0.15, 0.2) is 11.5 Å². The van der Waals surface area contributed by atoms with Crippen LogP contribution in [0.5, 0.6) is 11.5 Å². The average Bonchev–Trinajstić information content (AvgIpc) is 3.25. The molecule has 3 heterocycles. The predicted molar refractivity (Wildman–Crippen MR) is 88.4 cm³/mol. The van der Waals surface area contributed by atoms with E-state index in [1.54, 1.807) is 31.2 Å². The zero-order chi connectivity index (χ0) is 17.4. The average molecular weight is 343 g/mol. The minimum absolute atomic E-state index is 0.000308. The first-order valence-corrected chi connectivity index (χ1v) is 8.05. The van der Waals surface area contributed by atoms with Gasteiger partial charge in [-0.05, 0) is 37.1 Å². The Kier molecular flexibility index (Phi) is 3.93. The Morgan fingerprint density at radius 2 is 2.04 bits per heavy atom. The van der Waals surface area contributed by atoms with E-state index in [2.05, 4.69) is 5.32 Å². The maximum Gasteiger partial charge on any atom is 0.349 e. The minimum Gasteiger partial charge on any atom is -0.454 e. The van der Waals surface area contributed by atoms with Crippen molar-refractivity contribution in [3.05, 3.63) is 51.6 Å². The van der Waals surface area contributed by atoms with Gasteiger partial charge in [0.05, 0.1) is 6.61 Å². The molecule has 1 fully saturated rings. The van der Waals surface area contributed by atoms with Crippen molar-refractivity contribution in [2.24, 2.45) is 0 Å². The van der Waals surface area contributed by atoms with E-state index >= 15 is 0 Å². The van der Waals surface area contributed by atoms with Crippen LogP contribution in [0.1, 0.15) is 34.0 Å². The molecule has 0 spiro atoms. The van der Waals surface area contributed by atoms with E-state index in [1.165, 1.54) is 0 Å². The number of anilines is 1. The highest BCUT2D eigenvalue weighted by Gasteiger charge is 2.24. The summed E-state index contributed by atoms with van der Waals surface area (Å²) in [6, 6.07) is 6.79. The normalized spacial score (nSPS) is 18.4. The number of rotatable bonds is 3. The van der Waals surface area contributed by atoms with Crippen LogP contribution in [0, 0.1) is 6.92 Å². The second kappa shape index (κ2) is 6.25. The second-order valence-corrected chi connectivity index (χ2v) is 6.08. The number of aryl methyl sites for hydroxylation is 1. The minimum atomic E-state index is -0.639. The van der Waals surface area contributed by atoms with Crippen molar-refractivity contribution in [3.8, 4) is 11.5 Å². The van der Waals surface area contributed by atoms with Crippen molar-refractivity contribution in [2.75, 3.05) is 25.3 Å². The fraction of sp³-hybridized carbons (Fsp3) is 0.333. The second-order valence-electron chi connectivity index (χ2n) is 6.08. The lowest BCUT2D eigenvalue weighted by Crippen LogP contribution is -2.23. The molecule has 2 aliphatic rings. The number of carbonyl (C=O) groups excluding carboxylic acids is 1. The predicted octanol–water partition coefficient (Wildman–Crippen LogP) is 2.43. The summed E-state index contributed by atoms with van der Waals surface area (Å²) in [4.78, 5) is 24.8. The van der Waals surface area contributed by atoms with E-state index in [4.69, 9.17) is 18.6 Å². The van der Waals surface area contributed by atoms with Gasteiger partial charge in [0.25, 0.3) is 5.91 Å². The highest BCUT2D eigenvalue weighted by molar-refractivity contribution is 6.05. The fourth-order valence-electron chi connectivity index (χ4n) is 3.03. The lowest BCUT2D eigenvalue weighted by atomic mass is 10.0. The third kappa shape index (κ3) is 2.98. The molecule has 130 valence electrons. The molecular formula is C18H17NO6. The number of hydrogen-bond donors (Lipinski definition) is 1. The number of amides is 1. The number of benzene rings is 1. The van der Waals surface area contributed by atoms with Crippen molar-refractivity contribution in [2.45, 2.75) is 19.3 Å². The topological polar surface area (TPSA) is 87.0 Å². The summed E-state index contributed by atoms with van der Waals surface area (Å²) in [6.45, 7) is 3.07. The van der Waals surface area contributed by atoms with Crippen LogP contribution in [-0.2, 0) is 4.74 Å². The molecule has 1 unspecified atom stereocenters. The van der Waals surface area contributed by atoms with Gasteiger partial charge in [0.2, 0.25) is 6.79 Å². The Hall–Kier alpha value is -2.80. The van der Waals surface area contributed by atoms with Crippen LogP contribution in [0.25, 0.3) is 0 Å². The molecule has 0 bridgehead atoms. The van der Waals surface area contributed by atoms with Gasteiger partial charge in [0, 0.05) is 24.3 Å². The van der Waals surface area contributed by atoms with Crippen LogP contribution in [-0.4, -0.2) is 25.9 Å². The van der Waals surface area contributed by atoms with E-state index in [9.17, 15) is 9.59 Å². The molecule has 2 aromatic rings. The highest BCUT2D eigenvalue weighted by atomic mass is 16.7. The van der Waals surface area contributed by atoms with Crippen LogP contribution in [0.3, 0.4) is 0 Å². The number of hydrogen-bond acceptors (Lipinski definition) is 6. The van der Waals surface area contributed by atoms with Gasteiger partial charge < -0.3 is 23.9 Å². The largest absolute Gasteiger partial charge is 0.454 e. The van der Waals surface area contributed by atoms with Crippen molar-refractivity contribution in [1.82, 2.24) is 0 Å². The Labute approximate surface area is 143 Å². The molecule has 4 rings (SSSR count). The first-order valence-electron chi connectivity index (χ1n) is 8.05. The summed E-state index contributed by atoms with van der Waals surface area (Å²) in [5.41, 5.74) is 0.457. The van der Waals surface area contributed by atoms with Gasteiger partial charge in [-0.1, -0.05) is 0 Å². The Morgan fingerprint density at radius 3 is 2.80 bits per heavy atom. The van der Waals surface area contributed by atoms with Gasteiger partial charge >= 0.3 is 5.63 Å². The van der Waals surface area contributed by atoms with Gasteiger partial charge in [-0.3, -0.25) is 4.79 Å². The van der Waals surface area contributed by atoms with Gasteiger partial charge in [0.1, 0.15) is 11.3 Å². The summed E-state index contributed by atoms with van der Waals surface area (Å²) in [6.07, 6.45) is 0.811. The van der Waals surface area contributed by atoms with E-state index in [0.29, 0.717) is 41.7 Å². The zero-order valence-electron chi connectivity index (χ0n) is 13.7. The lowest BCUT2D eigenvalue weighted by molar-refractivity contribution is 0.102. The third-order valence-corrected chi connectivity index (χ3v) is 4.36. The van der Waals surface area contributed by atoms with Crippen LogP contribution in [0.15, 0.2) is 33.5 Å². The Morgan fingerprint density at radius 1 is 1.20 bits per heavy atom. The molecular weight excluding hydrogens is 326 g/mol. The molecule has 1 aromatic carbocycles. The number of carbonyl (C=O) groups is 1. The highest BCUT2D eigenvalue weighted by Crippen LogP contribution is 2.34. The van der Waals surface area contributed by atoms with Crippen LogP contribution in [0.2, 0.25) is 0 Å². The smallest absolute Gasteiger partial charge is 0.349 e. The van der Waals surface area contributed by atoms with Crippen molar-refractivity contribution >= 4 is 11.6 Å². The Bertz CT molecular complexity index is 882. The maximum atomic E-state index is 12.5. The van der Waals surface area contributed by atoms with Crippen LogP contribution < -0.4 is 20.4 Å². The number of ether oxygens (including phenoxy) is 3. The molecule has 1 N–H and O–H groups in total. The monoisotopic (exact) mass is 343 g/mol. The summed E-state index contributed by atoms with van der Waals surface area (Å²) < 4.78 is 21.2. The maximum absolute atomic E-state index is 12.5. The molecule has 7 heteroatoms. The standard InChI is InChI=1S/C18H17NO6/c1-10-6-14(11-4-5-22-8-11)25-18(21)16(10)17(20)19-12-2-3-13-15(7-12)24-9-23-13/h2-3,6-7,11H,4-5,8-9H2,1H3,(H,19,20). The molecule has 0 saturated carbocycles. The summed E-state index contributed by atoms with van der Waals surface area (Å²) in [5, 5.41) is 2.70. The molecule has 1 atom stereocenters. The van der Waals surface area contributed by atoms with Crippen molar-refractivity contribution in [1.29, 1.82) is 0 Å². The molecule has 1 amide bonds. The fourth-order valence-corrected chi connectivity index (χ4v) is 3.03. The summed E-state index contributed by atoms with van der Waals surface area (Å²) in [5.74, 6) is 1.30. The first-order chi connectivity index (χ1) is 12.1. The Balaban J connectivity index is 1.58. The molecule has 1 aromatic heterocycles. The van der Waals surface area contributed by atoms with E-state index < -0.39 is 11.5 Å². The SMILES string of the molecule is Cc1cc(C2CCOC2)oc(=O)c1C(=O)Nc1ccc2c(c1)OCO2. The van der Waals surface area contributed by atoms with Gasteiger partial charge in [-0.15, -0.1) is 0 Å². The molecule has 25 heavy (non-hydrogen) atoms. The quantitative estimate of drug-likeness (QED) is 0.921. The third-order valence-electron chi connectivity index (χ3n) is 4.36. The van der Waals surface area contributed by atoms with E-state index in [0.717, 1.165) is 6.42 Å². The van der Waals surface area contributed by atoms with E-state index in [-0.39, 0.29) is 18.3 Å². The number of fused-ring (bicyclic) bond motifs is 1. The number of nitrogens with one attached hydrogen (secondary N) is 1. The summed E-state index contributed by atoms with van der Waals surface area (Å²) in [7, 11) is 0. The van der Waals surface area contributed by atoms with Crippen LogP contribution >= 0.6 is 0 Å². The molecule has 2 aliphatic heterocycles. The van der Waals surface area contributed by atoms with Crippen LogP contribution in [0.4, 0.5) is 5.69 Å². The summed E-state index contributed by atoms with van der Waals surface area (Å²) >= 11 is 0. The van der Waals surface area contributed by atoms with E-state index in [1.807, 2.05) is 0 Å². The zero-order valence-corrected chi connectivity index (χ0v) is 13.7. The van der Waals surface area contributed by atoms with Gasteiger partial charge in [-0.2, -0.15) is 0 Å². The molecule has 1 saturated heterocycles. The van der Waals surface area contributed by atoms with Crippen molar-refractivity contribution in [3.63, 3.8) is 0 Å². The molecule has 7 nitrogen and oxygen atoms in total. The molecule has 0 radical (unpaired) electrons. The molecule has 0 aliphatic carbocycles. The van der Waals surface area contributed by atoms with Gasteiger partial charge in [-0.25, -0.2) is 4.79 Å². The first kappa shape index (κ1) is 15.7. The van der Waals surface area contributed by atoms with Crippen molar-refractivity contribution < 1.29 is 23.4 Å². The lowest BCUT2D eigenvalue weighted by Gasteiger charge is -2.11.